The molecular formula is C13H12F3N3O. The molecule has 1 heterocycles. The van der Waals surface area contributed by atoms with Crippen molar-refractivity contribution in [1.82, 2.24) is 9.97 Å². The third-order valence-corrected chi connectivity index (χ3v) is 2.84. The van der Waals surface area contributed by atoms with Gasteiger partial charge < -0.3 is 10.5 Å². The molecule has 0 radical (unpaired) electrons. The lowest BCUT2D eigenvalue weighted by molar-refractivity contribution is -0.137. The summed E-state index contributed by atoms with van der Waals surface area (Å²) in [5.41, 5.74) is 6.27. The van der Waals surface area contributed by atoms with Crippen molar-refractivity contribution < 1.29 is 17.9 Å². The SMILES string of the molecule is COc1c(N)ncnc1-c1ccc(C(F)(F)F)cc1C. The lowest BCUT2D eigenvalue weighted by Gasteiger charge is -2.13. The zero-order valence-corrected chi connectivity index (χ0v) is 10.8. The van der Waals surface area contributed by atoms with Gasteiger partial charge in [-0.15, -0.1) is 0 Å². The molecule has 0 spiro atoms. The lowest BCUT2D eigenvalue weighted by Crippen LogP contribution is -2.06. The number of benzene rings is 1. The van der Waals surface area contributed by atoms with E-state index in [1.807, 2.05) is 0 Å². The van der Waals surface area contributed by atoms with Crippen LogP contribution >= 0.6 is 0 Å². The van der Waals surface area contributed by atoms with Gasteiger partial charge in [0.15, 0.2) is 11.6 Å². The molecule has 0 unspecified atom stereocenters. The van der Waals surface area contributed by atoms with Gasteiger partial charge in [0.25, 0.3) is 0 Å². The monoisotopic (exact) mass is 283 g/mol. The lowest BCUT2D eigenvalue weighted by atomic mass is 10.0. The fourth-order valence-corrected chi connectivity index (χ4v) is 1.89. The first-order valence-corrected chi connectivity index (χ1v) is 5.67. The highest BCUT2D eigenvalue weighted by atomic mass is 19.4. The van der Waals surface area contributed by atoms with Crippen molar-refractivity contribution >= 4 is 5.82 Å². The van der Waals surface area contributed by atoms with Crippen LogP contribution in [-0.2, 0) is 6.18 Å². The Morgan fingerprint density at radius 3 is 2.45 bits per heavy atom. The molecule has 2 aromatic rings. The van der Waals surface area contributed by atoms with Gasteiger partial charge in [-0.2, -0.15) is 13.2 Å². The summed E-state index contributed by atoms with van der Waals surface area (Å²) in [5, 5.41) is 0. The predicted molar refractivity (Wildman–Crippen MR) is 68.2 cm³/mol. The Labute approximate surface area is 113 Å². The van der Waals surface area contributed by atoms with Crippen molar-refractivity contribution in [2.45, 2.75) is 13.1 Å². The fraction of sp³-hybridized carbons (Fsp3) is 0.231. The van der Waals surface area contributed by atoms with Crippen LogP contribution in [0.3, 0.4) is 0 Å². The van der Waals surface area contributed by atoms with E-state index in [-0.39, 0.29) is 11.6 Å². The summed E-state index contributed by atoms with van der Waals surface area (Å²) in [7, 11) is 1.40. The van der Waals surface area contributed by atoms with Gasteiger partial charge in [-0.25, -0.2) is 9.97 Å². The average Bonchev–Trinajstić information content (AvgIpc) is 2.37. The van der Waals surface area contributed by atoms with E-state index in [1.165, 1.54) is 19.5 Å². The van der Waals surface area contributed by atoms with E-state index < -0.39 is 11.7 Å². The van der Waals surface area contributed by atoms with Gasteiger partial charge in [-0.05, 0) is 24.6 Å². The number of nitrogen functional groups attached to an aromatic ring is 1. The summed E-state index contributed by atoms with van der Waals surface area (Å²) in [6.07, 6.45) is -3.14. The van der Waals surface area contributed by atoms with E-state index >= 15 is 0 Å². The number of nitrogens with zero attached hydrogens (tertiary/aromatic N) is 2. The van der Waals surface area contributed by atoms with E-state index in [1.54, 1.807) is 6.92 Å². The molecule has 106 valence electrons. The molecule has 4 nitrogen and oxygen atoms in total. The van der Waals surface area contributed by atoms with Crippen molar-refractivity contribution in [3.8, 4) is 17.0 Å². The normalized spacial score (nSPS) is 11.4. The van der Waals surface area contributed by atoms with Crippen molar-refractivity contribution in [2.75, 3.05) is 12.8 Å². The van der Waals surface area contributed by atoms with E-state index in [4.69, 9.17) is 10.5 Å². The number of aryl methyl sites for hydroxylation is 1. The molecule has 0 atom stereocenters. The number of anilines is 1. The third-order valence-electron chi connectivity index (χ3n) is 2.84. The van der Waals surface area contributed by atoms with Crippen molar-refractivity contribution in [3.63, 3.8) is 0 Å². The topological polar surface area (TPSA) is 61.0 Å². The molecule has 0 bridgehead atoms. The molecule has 0 amide bonds. The Kier molecular flexibility index (Phi) is 3.52. The van der Waals surface area contributed by atoms with Gasteiger partial charge in [0.2, 0.25) is 0 Å². The number of hydrogen-bond acceptors (Lipinski definition) is 4. The van der Waals surface area contributed by atoms with Crippen LogP contribution in [0, 0.1) is 6.92 Å². The van der Waals surface area contributed by atoms with Crippen molar-refractivity contribution in [1.29, 1.82) is 0 Å². The Morgan fingerprint density at radius 2 is 1.90 bits per heavy atom. The van der Waals surface area contributed by atoms with Gasteiger partial charge in [-0.1, -0.05) is 6.07 Å². The van der Waals surface area contributed by atoms with Gasteiger partial charge in [0, 0.05) is 5.56 Å². The van der Waals surface area contributed by atoms with E-state index in [0.29, 0.717) is 16.8 Å². The second-order valence-corrected chi connectivity index (χ2v) is 4.17. The van der Waals surface area contributed by atoms with Crippen LogP contribution in [0.2, 0.25) is 0 Å². The van der Waals surface area contributed by atoms with E-state index in [9.17, 15) is 13.2 Å². The molecule has 1 aromatic carbocycles. The molecule has 1 aromatic heterocycles. The quantitative estimate of drug-likeness (QED) is 0.920. The first-order chi connectivity index (χ1) is 9.34. The highest BCUT2D eigenvalue weighted by Gasteiger charge is 2.31. The molecular weight excluding hydrogens is 271 g/mol. The molecule has 0 aliphatic rings. The first kappa shape index (κ1) is 14.1. The van der Waals surface area contributed by atoms with Crippen LogP contribution < -0.4 is 10.5 Å². The number of aromatic nitrogens is 2. The van der Waals surface area contributed by atoms with E-state index in [0.717, 1.165) is 12.1 Å². The van der Waals surface area contributed by atoms with Crippen LogP contribution in [0.4, 0.5) is 19.0 Å². The minimum absolute atomic E-state index is 0.136. The molecule has 20 heavy (non-hydrogen) atoms. The maximum Gasteiger partial charge on any atom is 0.416 e. The number of rotatable bonds is 2. The fourth-order valence-electron chi connectivity index (χ4n) is 1.89. The zero-order chi connectivity index (χ0) is 14.9. The zero-order valence-electron chi connectivity index (χ0n) is 10.8. The van der Waals surface area contributed by atoms with Crippen LogP contribution in [0.5, 0.6) is 5.75 Å². The molecule has 0 fully saturated rings. The van der Waals surface area contributed by atoms with Crippen molar-refractivity contribution in [3.05, 3.63) is 35.7 Å². The minimum Gasteiger partial charge on any atom is -0.491 e. The Balaban J connectivity index is 2.58. The molecule has 0 saturated heterocycles. The maximum absolute atomic E-state index is 12.6. The van der Waals surface area contributed by atoms with Gasteiger partial charge in [0.05, 0.1) is 12.7 Å². The summed E-state index contributed by atoms with van der Waals surface area (Å²) in [4.78, 5) is 7.82. The van der Waals surface area contributed by atoms with Crippen LogP contribution in [-0.4, -0.2) is 17.1 Å². The minimum atomic E-state index is -4.38. The molecule has 0 saturated carbocycles. The number of nitrogens with two attached hydrogens (primary N) is 1. The number of alkyl halides is 3. The Bertz CT molecular complexity index is 641. The summed E-state index contributed by atoms with van der Waals surface area (Å²) >= 11 is 0. The highest BCUT2D eigenvalue weighted by molar-refractivity contribution is 5.74. The maximum atomic E-state index is 12.6. The second kappa shape index (κ2) is 4.99. The Morgan fingerprint density at radius 1 is 1.20 bits per heavy atom. The largest absolute Gasteiger partial charge is 0.491 e. The van der Waals surface area contributed by atoms with E-state index in [2.05, 4.69) is 9.97 Å². The second-order valence-electron chi connectivity index (χ2n) is 4.17. The first-order valence-electron chi connectivity index (χ1n) is 5.67. The summed E-state index contributed by atoms with van der Waals surface area (Å²) < 4.78 is 43.0. The average molecular weight is 283 g/mol. The molecule has 2 rings (SSSR count). The van der Waals surface area contributed by atoms with Gasteiger partial charge >= 0.3 is 6.18 Å². The number of ether oxygens (including phenoxy) is 1. The van der Waals surface area contributed by atoms with Crippen LogP contribution in [0.15, 0.2) is 24.5 Å². The van der Waals surface area contributed by atoms with Crippen LogP contribution in [0.1, 0.15) is 11.1 Å². The standard InChI is InChI=1S/C13H12F3N3O/c1-7-5-8(13(14,15)16)3-4-9(7)10-11(20-2)12(17)19-6-18-10/h3-6H,1-2H3,(H2,17,18,19). The highest BCUT2D eigenvalue weighted by Crippen LogP contribution is 2.36. The summed E-state index contributed by atoms with van der Waals surface area (Å²) in [6.45, 7) is 1.57. The van der Waals surface area contributed by atoms with Crippen LogP contribution in [0.25, 0.3) is 11.3 Å². The molecule has 0 aliphatic heterocycles. The molecule has 2 N–H and O–H groups in total. The smallest absolute Gasteiger partial charge is 0.416 e. The third kappa shape index (κ3) is 2.52. The van der Waals surface area contributed by atoms with Crippen molar-refractivity contribution in [2.24, 2.45) is 0 Å². The number of methoxy groups -OCH3 is 1. The Hall–Kier alpha value is -2.31. The predicted octanol–water partition coefficient (Wildman–Crippen LogP) is 3.06. The summed E-state index contributed by atoms with van der Waals surface area (Å²) in [6, 6.07) is 3.41. The van der Waals surface area contributed by atoms with Gasteiger partial charge in [0.1, 0.15) is 12.0 Å². The number of halogens is 3. The number of hydrogen-bond donors (Lipinski definition) is 1. The molecule has 0 aliphatic carbocycles. The van der Waals surface area contributed by atoms with Gasteiger partial charge in [-0.3, -0.25) is 0 Å². The molecule has 7 heteroatoms. The summed E-state index contributed by atoms with van der Waals surface area (Å²) in [5.74, 6) is 0.382.